The molecule has 0 fully saturated rings. The molecule has 1 atom stereocenters. The van der Waals surface area contributed by atoms with Crippen molar-refractivity contribution in [2.45, 2.75) is 19.4 Å². The Bertz CT molecular complexity index is 358. The Balaban J connectivity index is 0. The normalized spacial score (nSPS) is 11.8. The standard InChI is InChI=1S/C9H13N.Cu.H2O4S/c1-8(10)7-9-5-3-2-4-6-9;;1-5(2,3)4/h2-6,8H,7,10H2,1H3;;(H2,1,2,3,4)/t8-;;/m0../s1. The predicted octanol–water partition coefficient (Wildman–Crippen LogP) is 0.921. The first-order chi connectivity index (χ1) is 6.79. The van der Waals surface area contributed by atoms with Crippen molar-refractivity contribution in [3.63, 3.8) is 0 Å². The van der Waals surface area contributed by atoms with Gasteiger partial charge in [0.2, 0.25) is 0 Å². The van der Waals surface area contributed by atoms with Crippen LogP contribution in [0.15, 0.2) is 30.3 Å². The third kappa shape index (κ3) is 16.0. The zero-order valence-corrected chi connectivity index (χ0v) is 10.4. The van der Waals surface area contributed by atoms with Gasteiger partial charge in [-0.15, -0.1) is 0 Å². The monoisotopic (exact) mass is 296 g/mol. The van der Waals surface area contributed by atoms with Crippen LogP contribution in [0.25, 0.3) is 0 Å². The van der Waals surface area contributed by atoms with E-state index in [9.17, 15) is 0 Å². The van der Waals surface area contributed by atoms with Gasteiger partial charge in [-0.25, -0.2) is 0 Å². The molecule has 0 heterocycles. The van der Waals surface area contributed by atoms with Crippen molar-refractivity contribution in [3.8, 4) is 0 Å². The maximum atomic E-state index is 8.74. The molecule has 16 heavy (non-hydrogen) atoms. The number of nitrogens with two attached hydrogens (primary N) is 1. The van der Waals surface area contributed by atoms with Gasteiger partial charge < -0.3 is 5.73 Å². The van der Waals surface area contributed by atoms with Crippen molar-refractivity contribution < 1.29 is 34.6 Å². The zero-order valence-electron chi connectivity index (χ0n) is 8.67. The fraction of sp³-hybridized carbons (Fsp3) is 0.333. The average Bonchev–Trinajstić information content (AvgIpc) is 2.01. The summed E-state index contributed by atoms with van der Waals surface area (Å²) in [6.07, 6.45) is 0.973. The second-order valence-corrected chi connectivity index (χ2v) is 4.01. The molecule has 5 nitrogen and oxygen atoms in total. The molecule has 1 radical (unpaired) electrons. The summed E-state index contributed by atoms with van der Waals surface area (Å²) in [6.45, 7) is 2.02. The van der Waals surface area contributed by atoms with Gasteiger partial charge in [-0.2, -0.15) is 8.42 Å². The number of benzene rings is 1. The zero-order chi connectivity index (χ0) is 11.9. The van der Waals surface area contributed by atoms with Crippen molar-refractivity contribution in [1.82, 2.24) is 0 Å². The molecule has 0 aromatic heterocycles. The smallest absolute Gasteiger partial charge is 0.328 e. The third-order valence-corrected chi connectivity index (χ3v) is 1.40. The van der Waals surface area contributed by atoms with Crippen LogP contribution in [-0.2, 0) is 33.9 Å². The molecular formula is C9H15CuNO4S. The van der Waals surface area contributed by atoms with E-state index in [1.807, 2.05) is 25.1 Å². The summed E-state index contributed by atoms with van der Waals surface area (Å²) in [4.78, 5) is 0. The third-order valence-electron chi connectivity index (χ3n) is 1.40. The maximum absolute atomic E-state index is 8.74. The maximum Gasteiger partial charge on any atom is 0.394 e. The van der Waals surface area contributed by atoms with Crippen LogP contribution in [0.4, 0.5) is 0 Å². The second kappa shape index (κ2) is 8.69. The average molecular weight is 297 g/mol. The predicted molar refractivity (Wildman–Crippen MR) is 58.0 cm³/mol. The summed E-state index contributed by atoms with van der Waals surface area (Å²) >= 11 is 0. The minimum atomic E-state index is -4.67. The van der Waals surface area contributed by atoms with Crippen LogP contribution in [0.5, 0.6) is 0 Å². The van der Waals surface area contributed by atoms with E-state index in [1.165, 1.54) is 5.56 Å². The molecular weight excluding hydrogens is 282 g/mol. The Kier molecular flexibility index (Phi) is 9.75. The number of hydrogen-bond donors (Lipinski definition) is 3. The Morgan fingerprint density at radius 2 is 1.62 bits per heavy atom. The first kappa shape index (κ1) is 17.9. The quantitative estimate of drug-likeness (QED) is 0.556. The van der Waals surface area contributed by atoms with E-state index in [0.29, 0.717) is 0 Å². The van der Waals surface area contributed by atoms with Crippen LogP contribution < -0.4 is 5.73 Å². The molecule has 0 unspecified atom stereocenters. The molecule has 0 amide bonds. The summed E-state index contributed by atoms with van der Waals surface area (Å²) in [6, 6.07) is 10.6. The minimum absolute atomic E-state index is 0. The molecule has 1 aromatic carbocycles. The van der Waals surface area contributed by atoms with Gasteiger partial charge in [0.05, 0.1) is 0 Å². The van der Waals surface area contributed by atoms with Crippen LogP contribution >= 0.6 is 0 Å². The van der Waals surface area contributed by atoms with Gasteiger partial charge in [0, 0.05) is 23.1 Å². The molecule has 0 aliphatic rings. The molecule has 0 saturated carbocycles. The van der Waals surface area contributed by atoms with Gasteiger partial charge in [0.1, 0.15) is 0 Å². The van der Waals surface area contributed by atoms with E-state index in [1.54, 1.807) is 0 Å². The molecule has 4 N–H and O–H groups in total. The van der Waals surface area contributed by atoms with Gasteiger partial charge >= 0.3 is 10.4 Å². The van der Waals surface area contributed by atoms with Gasteiger partial charge in [-0.1, -0.05) is 30.3 Å². The molecule has 7 heteroatoms. The Hall–Kier alpha value is -0.431. The molecule has 0 aliphatic carbocycles. The summed E-state index contributed by atoms with van der Waals surface area (Å²) in [5.74, 6) is 0. The van der Waals surface area contributed by atoms with Crippen molar-refractivity contribution in [2.24, 2.45) is 5.73 Å². The van der Waals surface area contributed by atoms with E-state index in [4.69, 9.17) is 23.3 Å². The van der Waals surface area contributed by atoms with Crippen molar-refractivity contribution in [2.75, 3.05) is 0 Å². The molecule has 0 aliphatic heterocycles. The van der Waals surface area contributed by atoms with Gasteiger partial charge in [-0.3, -0.25) is 9.11 Å². The molecule has 1 rings (SSSR count). The van der Waals surface area contributed by atoms with Gasteiger partial charge in [-0.05, 0) is 18.9 Å². The van der Waals surface area contributed by atoms with Crippen LogP contribution in [0.3, 0.4) is 0 Å². The van der Waals surface area contributed by atoms with Crippen LogP contribution in [-0.4, -0.2) is 23.6 Å². The van der Waals surface area contributed by atoms with Gasteiger partial charge in [0.15, 0.2) is 0 Å². The van der Waals surface area contributed by atoms with Crippen molar-refractivity contribution in [3.05, 3.63) is 35.9 Å². The second-order valence-electron chi connectivity index (χ2n) is 3.11. The van der Waals surface area contributed by atoms with Crippen molar-refractivity contribution >= 4 is 10.4 Å². The SMILES string of the molecule is C[C@H](N)Cc1ccccc1.O=S(=O)(O)O.[Cu]. The van der Waals surface area contributed by atoms with Crippen LogP contribution in [0.1, 0.15) is 12.5 Å². The summed E-state index contributed by atoms with van der Waals surface area (Å²) < 4.78 is 31.6. The van der Waals surface area contributed by atoms with E-state index in [2.05, 4.69) is 12.1 Å². The number of rotatable bonds is 2. The minimum Gasteiger partial charge on any atom is -0.328 e. The van der Waals surface area contributed by atoms with E-state index in [-0.39, 0.29) is 23.1 Å². The summed E-state index contributed by atoms with van der Waals surface area (Å²) in [7, 11) is -4.67. The van der Waals surface area contributed by atoms with Gasteiger partial charge in [0.25, 0.3) is 0 Å². The Morgan fingerprint density at radius 1 is 1.25 bits per heavy atom. The fourth-order valence-corrected chi connectivity index (χ4v) is 0.986. The Morgan fingerprint density at radius 3 is 1.94 bits per heavy atom. The molecule has 97 valence electrons. The first-order valence-corrected chi connectivity index (χ1v) is 5.68. The fourth-order valence-electron chi connectivity index (χ4n) is 0.986. The molecule has 1 aromatic rings. The summed E-state index contributed by atoms with van der Waals surface area (Å²) in [5, 5.41) is 0. The van der Waals surface area contributed by atoms with E-state index in [0.717, 1.165) is 6.42 Å². The molecule has 0 bridgehead atoms. The van der Waals surface area contributed by atoms with E-state index < -0.39 is 10.4 Å². The van der Waals surface area contributed by atoms with Crippen LogP contribution in [0.2, 0.25) is 0 Å². The Labute approximate surface area is 106 Å². The van der Waals surface area contributed by atoms with Crippen LogP contribution in [0, 0.1) is 0 Å². The summed E-state index contributed by atoms with van der Waals surface area (Å²) in [5.41, 5.74) is 6.94. The van der Waals surface area contributed by atoms with Crippen molar-refractivity contribution in [1.29, 1.82) is 0 Å². The van der Waals surface area contributed by atoms with E-state index >= 15 is 0 Å². The molecule has 0 saturated heterocycles. The molecule has 0 spiro atoms. The topological polar surface area (TPSA) is 101 Å². The largest absolute Gasteiger partial charge is 0.394 e. The number of hydrogen-bond acceptors (Lipinski definition) is 3. The first-order valence-electron chi connectivity index (χ1n) is 4.28.